The maximum absolute atomic E-state index is 13.0. The third-order valence-electron chi connectivity index (χ3n) is 3.80. The Morgan fingerprint density at radius 3 is 2.74 bits per heavy atom. The summed E-state index contributed by atoms with van der Waals surface area (Å²) in [6, 6.07) is 13.5. The predicted octanol–water partition coefficient (Wildman–Crippen LogP) is 5.21. The van der Waals surface area contributed by atoms with E-state index in [-0.39, 0.29) is 11.7 Å². The highest BCUT2D eigenvalue weighted by atomic mass is 32.2. The molecule has 2 aromatic heterocycles. The van der Waals surface area contributed by atoms with Gasteiger partial charge in [0.25, 0.3) is 5.22 Å². The molecule has 0 aliphatic carbocycles. The Bertz CT molecular complexity index is 1060. The van der Waals surface area contributed by atoms with Crippen LogP contribution in [-0.4, -0.2) is 21.1 Å². The van der Waals surface area contributed by atoms with E-state index in [1.54, 1.807) is 19.1 Å². The normalized spacial score (nSPS) is 12.2. The van der Waals surface area contributed by atoms with E-state index in [0.29, 0.717) is 21.6 Å². The highest BCUT2D eigenvalue weighted by Gasteiger charge is 2.19. The van der Waals surface area contributed by atoms with E-state index in [9.17, 15) is 9.18 Å². The van der Waals surface area contributed by atoms with E-state index in [1.807, 2.05) is 29.6 Å². The second-order valence-corrected chi connectivity index (χ2v) is 7.89. The first-order chi connectivity index (χ1) is 13.1. The van der Waals surface area contributed by atoms with Gasteiger partial charge in [-0.25, -0.2) is 14.4 Å². The molecule has 27 heavy (non-hydrogen) atoms. The summed E-state index contributed by atoms with van der Waals surface area (Å²) in [4.78, 5) is 21.2. The van der Waals surface area contributed by atoms with Crippen LogP contribution in [0.15, 0.2) is 63.6 Å². The van der Waals surface area contributed by atoms with Gasteiger partial charge < -0.3 is 9.73 Å². The van der Waals surface area contributed by atoms with E-state index in [4.69, 9.17) is 4.42 Å². The number of thiazole rings is 1. The van der Waals surface area contributed by atoms with Crippen LogP contribution in [0.4, 0.5) is 9.52 Å². The third-order valence-corrected chi connectivity index (χ3v) is 5.50. The molecular formula is C19H14FN3O2S2. The van der Waals surface area contributed by atoms with Gasteiger partial charge in [0.05, 0.1) is 10.9 Å². The van der Waals surface area contributed by atoms with Crippen LogP contribution in [0, 0.1) is 5.82 Å². The van der Waals surface area contributed by atoms with Crippen molar-refractivity contribution in [1.82, 2.24) is 9.97 Å². The summed E-state index contributed by atoms with van der Waals surface area (Å²) in [7, 11) is 0. The Balaban J connectivity index is 1.41. The van der Waals surface area contributed by atoms with Crippen LogP contribution in [-0.2, 0) is 4.79 Å². The van der Waals surface area contributed by atoms with Crippen LogP contribution in [0.5, 0.6) is 0 Å². The summed E-state index contributed by atoms with van der Waals surface area (Å²) < 4.78 is 18.7. The Morgan fingerprint density at radius 1 is 1.19 bits per heavy atom. The van der Waals surface area contributed by atoms with Crippen molar-refractivity contribution in [3.05, 3.63) is 59.7 Å². The number of nitrogens with zero attached hydrogens (tertiary/aromatic N) is 2. The molecule has 4 rings (SSSR count). The summed E-state index contributed by atoms with van der Waals surface area (Å²) in [6.45, 7) is 1.78. The van der Waals surface area contributed by atoms with Gasteiger partial charge in [-0.3, -0.25) is 4.79 Å². The largest absolute Gasteiger partial charge is 0.431 e. The maximum atomic E-state index is 13.0. The van der Waals surface area contributed by atoms with Gasteiger partial charge in [-0.1, -0.05) is 23.9 Å². The zero-order valence-electron chi connectivity index (χ0n) is 14.2. The molecule has 5 nitrogen and oxygen atoms in total. The fraction of sp³-hybridized carbons (Fsp3) is 0.105. The molecule has 8 heteroatoms. The molecule has 0 aliphatic heterocycles. The van der Waals surface area contributed by atoms with E-state index in [2.05, 4.69) is 15.3 Å². The van der Waals surface area contributed by atoms with Crippen molar-refractivity contribution in [1.29, 1.82) is 0 Å². The smallest absolute Gasteiger partial charge is 0.257 e. The first-order valence-corrected chi connectivity index (χ1v) is 9.89. The number of carbonyl (C=O) groups excluding carboxylic acids is 1. The molecule has 0 saturated heterocycles. The minimum atomic E-state index is -0.406. The zero-order chi connectivity index (χ0) is 18.8. The molecule has 136 valence electrons. The molecule has 0 radical (unpaired) electrons. The second-order valence-electron chi connectivity index (χ2n) is 5.74. The number of aromatic nitrogens is 2. The van der Waals surface area contributed by atoms with Crippen molar-refractivity contribution in [3.8, 4) is 11.3 Å². The standard InChI is InChI=1S/C19H14FN3O2S2/c1-11(27-19-22-14-4-2-3-5-16(14)25-19)17(24)23-18-21-15(10-26-18)12-6-8-13(20)9-7-12/h2-11H,1H3,(H,21,23,24). The monoisotopic (exact) mass is 399 g/mol. The number of rotatable bonds is 5. The van der Waals surface area contributed by atoms with Crippen LogP contribution >= 0.6 is 23.1 Å². The molecule has 1 unspecified atom stereocenters. The van der Waals surface area contributed by atoms with E-state index in [1.165, 1.54) is 35.2 Å². The topological polar surface area (TPSA) is 68.0 Å². The maximum Gasteiger partial charge on any atom is 0.257 e. The number of para-hydroxylation sites is 2. The van der Waals surface area contributed by atoms with E-state index in [0.717, 1.165) is 11.1 Å². The quantitative estimate of drug-likeness (QED) is 0.467. The zero-order valence-corrected chi connectivity index (χ0v) is 15.8. The number of halogens is 1. The van der Waals surface area contributed by atoms with Crippen LogP contribution in [0.25, 0.3) is 22.4 Å². The van der Waals surface area contributed by atoms with Gasteiger partial charge in [0.15, 0.2) is 10.7 Å². The minimum Gasteiger partial charge on any atom is -0.431 e. The highest BCUT2D eigenvalue weighted by Crippen LogP contribution is 2.29. The molecule has 4 aromatic rings. The van der Waals surface area contributed by atoms with Gasteiger partial charge in [-0.15, -0.1) is 11.3 Å². The van der Waals surface area contributed by atoms with Gasteiger partial charge in [0.1, 0.15) is 11.3 Å². The van der Waals surface area contributed by atoms with Crippen LogP contribution in [0.3, 0.4) is 0 Å². The van der Waals surface area contributed by atoms with Crippen molar-refractivity contribution in [2.75, 3.05) is 5.32 Å². The Kier molecular flexibility index (Phi) is 4.91. The lowest BCUT2D eigenvalue weighted by atomic mass is 10.2. The Labute approximate surface area is 162 Å². The Morgan fingerprint density at radius 2 is 1.96 bits per heavy atom. The molecule has 0 spiro atoms. The van der Waals surface area contributed by atoms with E-state index >= 15 is 0 Å². The third kappa shape index (κ3) is 4.01. The first kappa shape index (κ1) is 17.7. The van der Waals surface area contributed by atoms with Gasteiger partial charge in [0, 0.05) is 10.9 Å². The van der Waals surface area contributed by atoms with Gasteiger partial charge >= 0.3 is 0 Å². The van der Waals surface area contributed by atoms with Crippen molar-refractivity contribution in [2.24, 2.45) is 0 Å². The molecule has 1 atom stereocenters. The fourth-order valence-electron chi connectivity index (χ4n) is 2.40. The van der Waals surface area contributed by atoms with Crippen molar-refractivity contribution in [3.63, 3.8) is 0 Å². The number of hydrogen-bond donors (Lipinski definition) is 1. The number of nitrogens with one attached hydrogen (secondary N) is 1. The first-order valence-electron chi connectivity index (χ1n) is 8.13. The lowest BCUT2D eigenvalue weighted by Gasteiger charge is -2.07. The number of thioether (sulfide) groups is 1. The number of hydrogen-bond acceptors (Lipinski definition) is 6. The van der Waals surface area contributed by atoms with Crippen LogP contribution in [0.2, 0.25) is 0 Å². The predicted molar refractivity (Wildman–Crippen MR) is 105 cm³/mol. The number of carbonyl (C=O) groups is 1. The SMILES string of the molecule is CC(Sc1nc2ccccc2o1)C(=O)Nc1nc(-c2ccc(F)cc2)cs1. The number of benzene rings is 2. The summed E-state index contributed by atoms with van der Waals surface area (Å²) in [6.07, 6.45) is 0. The average molecular weight is 399 g/mol. The second kappa shape index (κ2) is 7.50. The molecule has 0 saturated carbocycles. The molecule has 1 amide bonds. The molecule has 0 aliphatic rings. The van der Waals surface area contributed by atoms with Gasteiger partial charge in [-0.2, -0.15) is 0 Å². The fourth-order valence-corrected chi connectivity index (χ4v) is 3.88. The van der Waals surface area contributed by atoms with E-state index < -0.39 is 5.25 Å². The summed E-state index contributed by atoms with van der Waals surface area (Å²) >= 11 is 2.57. The molecule has 2 aromatic carbocycles. The number of amides is 1. The highest BCUT2D eigenvalue weighted by molar-refractivity contribution is 8.00. The van der Waals surface area contributed by atoms with Crippen molar-refractivity contribution < 1.29 is 13.6 Å². The molecule has 0 fully saturated rings. The summed E-state index contributed by atoms with van der Waals surface area (Å²) in [5.74, 6) is -0.491. The average Bonchev–Trinajstić information content (AvgIpc) is 3.28. The lowest BCUT2D eigenvalue weighted by molar-refractivity contribution is -0.115. The van der Waals surface area contributed by atoms with Crippen LogP contribution < -0.4 is 5.32 Å². The molecule has 0 bridgehead atoms. The molecule has 1 N–H and O–H groups in total. The summed E-state index contributed by atoms with van der Waals surface area (Å²) in [5.41, 5.74) is 2.93. The van der Waals surface area contributed by atoms with Gasteiger partial charge in [0.2, 0.25) is 5.91 Å². The lowest BCUT2D eigenvalue weighted by Crippen LogP contribution is -2.22. The molecule has 2 heterocycles. The summed E-state index contributed by atoms with van der Waals surface area (Å²) in [5, 5.41) is 5.16. The number of anilines is 1. The van der Waals surface area contributed by atoms with Crippen molar-refractivity contribution >= 4 is 45.2 Å². The minimum absolute atomic E-state index is 0.192. The van der Waals surface area contributed by atoms with Crippen LogP contribution in [0.1, 0.15) is 6.92 Å². The molecular weight excluding hydrogens is 385 g/mol. The van der Waals surface area contributed by atoms with Gasteiger partial charge in [-0.05, 0) is 43.3 Å². The number of oxazole rings is 1. The Hall–Kier alpha value is -2.71. The van der Waals surface area contributed by atoms with Crippen molar-refractivity contribution in [2.45, 2.75) is 17.4 Å². The number of fused-ring (bicyclic) bond motifs is 1.